The van der Waals surface area contributed by atoms with Gasteiger partial charge in [0, 0.05) is 25.5 Å². The van der Waals surface area contributed by atoms with E-state index in [1.54, 1.807) is 0 Å². The van der Waals surface area contributed by atoms with Crippen LogP contribution in [0.4, 0.5) is 5.69 Å². The largest absolute Gasteiger partial charge is 0.369 e. The van der Waals surface area contributed by atoms with Crippen LogP contribution in [0.25, 0.3) is 5.69 Å². The van der Waals surface area contributed by atoms with Crippen LogP contribution in [0.15, 0.2) is 42.7 Å². The zero-order valence-corrected chi connectivity index (χ0v) is 10.4. The molecule has 0 spiro atoms. The second-order valence-corrected chi connectivity index (χ2v) is 4.80. The zero-order chi connectivity index (χ0) is 11.7. The van der Waals surface area contributed by atoms with E-state index in [-0.39, 0.29) is 0 Å². The summed E-state index contributed by atoms with van der Waals surface area (Å²) in [5.41, 5.74) is 2.34. The summed E-state index contributed by atoms with van der Waals surface area (Å²) in [5.74, 6) is 0. The van der Waals surface area contributed by atoms with Crippen molar-refractivity contribution in [3.63, 3.8) is 0 Å². The maximum absolute atomic E-state index is 6.37. The third-order valence-corrected chi connectivity index (χ3v) is 3.58. The maximum Gasteiger partial charge on any atom is 0.0800 e. The number of hydrogen-bond donors (Lipinski definition) is 0. The lowest BCUT2D eigenvalue weighted by molar-refractivity contribution is 0.947. The predicted octanol–water partition coefficient (Wildman–Crippen LogP) is 3.73. The summed E-state index contributed by atoms with van der Waals surface area (Å²) in [4.78, 5) is 2.39. The molecule has 0 radical (unpaired) electrons. The molecule has 17 heavy (non-hydrogen) atoms. The number of anilines is 1. The van der Waals surface area contributed by atoms with Crippen LogP contribution in [0.1, 0.15) is 12.8 Å². The summed E-state index contributed by atoms with van der Waals surface area (Å²) in [6.07, 6.45) is 6.64. The summed E-state index contributed by atoms with van der Waals surface area (Å²) >= 11 is 6.37. The molecule has 0 unspecified atom stereocenters. The average Bonchev–Trinajstić information content (AvgIpc) is 3.02. The number of nitrogens with zero attached hydrogens (tertiary/aromatic N) is 2. The number of hydrogen-bond acceptors (Lipinski definition) is 1. The van der Waals surface area contributed by atoms with Gasteiger partial charge in [-0.05, 0) is 37.1 Å². The molecule has 0 bridgehead atoms. The van der Waals surface area contributed by atoms with Crippen molar-refractivity contribution < 1.29 is 0 Å². The number of halogens is 1. The monoisotopic (exact) mass is 246 g/mol. The second kappa shape index (κ2) is 4.46. The molecule has 1 saturated heterocycles. The van der Waals surface area contributed by atoms with E-state index in [0.29, 0.717) is 0 Å². The molecule has 1 aromatic heterocycles. The van der Waals surface area contributed by atoms with Crippen LogP contribution in [0.5, 0.6) is 0 Å². The Kier molecular flexibility index (Phi) is 2.81. The van der Waals surface area contributed by atoms with Crippen LogP contribution >= 0.6 is 11.6 Å². The molecule has 0 N–H and O–H groups in total. The SMILES string of the molecule is Clc1cccc(-n2cccc2)c1N1CCCC1. The van der Waals surface area contributed by atoms with Gasteiger partial charge in [0.25, 0.3) is 0 Å². The molecular formula is C14H15ClN2. The topological polar surface area (TPSA) is 8.17 Å². The standard InChI is InChI=1S/C14H15ClN2/c15-12-6-5-7-13(16-8-1-2-9-16)14(12)17-10-3-4-11-17/h1-2,5-9H,3-4,10-11H2. The van der Waals surface area contributed by atoms with Gasteiger partial charge in [0.15, 0.2) is 0 Å². The van der Waals surface area contributed by atoms with E-state index in [1.165, 1.54) is 24.2 Å². The Morgan fingerprint density at radius 2 is 1.65 bits per heavy atom. The summed E-state index contributed by atoms with van der Waals surface area (Å²) < 4.78 is 2.12. The fourth-order valence-corrected chi connectivity index (χ4v) is 2.75. The number of benzene rings is 1. The number of rotatable bonds is 2. The summed E-state index contributed by atoms with van der Waals surface area (Å²) in [7, 11) is 0. The van der Waals surface area contributed by atoms with Crippen molar-refractivity contribution in [2.75, 3.05) is 18.0 Å². The molecule has 1 fully saturated rings. The Hall–Kier alpha value is -1.41. The van der Waals surface area contributed by atoms with Crippen molar-refractivity contribution in [1.82, 2.24) is 4.57 Å². The Morgan fingerprint density at radius 3 is 2.35 bits per heavy atom. The van der Waals surface area contributed by atoms with Gasteiger partial charge in [-0.25, -0.2) is 0 Å². The fourth-order valence-electron chi connectivity index (χ4n) is 2.46. The fraction of sp³-hybridized carbons (Fsp3) is 0.286. The van der Waals surface area contributed by atoms with Crippen LogP contribution in [0, 0.1) is 0 Å². The molecule has 2 aromatic rings. The van der Waals surface area contributed by atoms with Crippen molar-refractivity contribution in [2.24, 2.45) is 0 Å². The van der Waals surface area contributed by atoms with E-state index in [0.717, 1.165) is 18.1 Å². The van der Waals surface area contributed by atoms with E-state index in [2.05, 4.69) is 27.9 Å². The first-order valence-corrected chi connectivity index (χ1v) is 6.41. The highest BCUT2D eigenvalue weighted by atomic mass is 35.5. The molecule has 0 saturated carbocycles. The number of aromatic nitrogens is 1. The summed E-state index contributed by atoms with van der Waals surface area (Å²) in [6.45, 7) is 2.22. The van der Waals surface area contributed by atoms with Crippen LogP contribution in [0.3, 0.4) is 0 Å². The minimum Gasteiger partial charge on any atom is -0.369 e. The zero-order valence-electron chi connectivity index (χ0n) is 9.64. The molecule has 1 aliphatic heterocycles. The van der Waals surface area contributed by atoms with E-state index >= 15 is 0 Å². The summed E-state index contributed by atoms with van der Waals surface area (Å²) in [5, 5.41) is 0.845. The van der Waals surface area contributed by atoms with Crippen LogP contribution in [0.2, 0.25) is 5.02 Å². The Bertz CT molecular complexity index is 499. The van der Waals surface area contributed by atoms with Crippen LogP contribution in [-0.2, 0) is 0 Å². The molecular weight excluding hydrogens is 232 g/mol. The van der Waals surface area contributed by atoms with Crippen LogP contribution in [-0.4, -0.2) is 17.7 Å². The third-order valence-electron chi connectivity index (χ3n) is 3.27. The number of para-hydroxylation sites is 1. The molecule has 0 amide bonds. The van der Waals surface area contributed by atoms with Crippen molar-refractivity contribution in [1.29, 1.82) is 0 Å². The Labute approximate surface area is 106 Å². The Morgan fingerprint density at radius 1 is 0.941 bits per heavy atom. The third kappa shape index (κ3) is 1.93. The van der Waals surface area contributed by atoms with Crippen molar-refractivity contribution in [2.45, 2.75) is 12.8 Å². The molecule has 2 nitrogen and oxygen atoms in total. The van der Waals surface area contributed by atoms with Gasteiger partial charge in [-0.15, -0.1) is 0 Å². The highest BCUT2D eigenvalue weighted by molar-refractivity contribution is 6.33. The first-order valence-electron chi connectivity index (χ1n) is 6.03. The van der Waals surface area contributed by atoms with E-state index < -0.39 is 0 Å². The molecule has 0 atom stereocenters. The van der Waals surface area contributed by atoms with Gasteiger partial charge < -0.3 is 9.47 Å². The van der Waals surface area contributed by atoms with Crippen molar-refractivity contribution in [3.8, 4) is 5.69 Å². The van der Waals surface area contributed by atoms with E-state index in [9.17, 15) is 0 Å². The lowest BCUT2D eigenvalue weighted by Gasteiger charge is -2.23. The molecule has 3 heteroatoms. The first kappa shape index (κ1) is 10.7. The quantitative estimate of drug-likeness (QED) is 0.784. The van der Waals surface area contributed by atoms with Gasteiger partial charge in [0.1, 0.15) is 0 Å². The Balaban J connectivity index is 2.11. The van der Waals surface area contributed by atoms with Crippen LogP contribution < -0.4 is 4.90 Å². The van der Waals surface area contributed by atoms with E-state index in [4.69, 9.17) is 11.6 Å². The molecule has 2 heterocycles. The smallest absolute Gasteiger partial charge is 0.0800 e. The van der Waals surface area contributed by atoms with Gasteiger partial charge >= 0.3 is 0 Å². The molecule has 1 aromatic carbocycles. The highest BCUT2D eigenvalue weighted by Crippen LogP contribution is 2.34. The highest BCUT2D eigenvalue weighted by Gasteiger charge is 2.18. The summed E-state index contributed by atoms with van der Waals surface area (Å²) in [6, 6.07) is 10.2. The molecule has 3 rings (SSSR count). The van der Waals surface area contributed by atoms with Crippen molar-refractivity contribution in [3.05, 3.63) is 47.7 Å². The molecule has 1 aliphatic rings. The van der Waals surface area contributed by atoms with Gasteiger partial charge in [0.2, 0.25) is 0 Å². The van der Waals surface area contributed by atoms with Gasteiger partial charge in [-0.1, -0.05) is 17.7 Å². The minimum atomic E-state index is 0.845. The van der Waals surface area contributed by atoms with Gasteiger partial charge in [-0.2, -0.15) is 0 Å². The van der Waals surface area contributed by atoms with Gasteiger partial charge in [-0.3, -0.25) is 0 Å². The average molecular weight is 247 g/mol. The van der Waals surface area contributed by atoms with Crippen molar-refractivity contribution >= 4 is 17.3 Å². The second-order valence-electron chi connectivity index (χ2n) is 4.39. The lowest BCUT2D eigenvalue weighted by atomic mass is 10.2. The molecule has 0 aliphatic carbocycles. The normalized spacial score (nSPS) is 15.5. The van der Waals surface area contributed by atoms with E-state index in [1.807, 2.05) is 24.3 Å². The van der Waals surface area contributed by atoms with Gasteiger partial charge in [0.05, 0.1) is 16.4 Å². The maximum atomic E-state index is 6.37. The predicted molar refractivity (Wildman–Crippen MR) is 72.2 cm³/mol. The molecule has 88 valence electrons. The lowest BCUT2D eigenvalue weighted by Crippen LogP contribution is -2.19. The first-order chi connectivity index (χ1) is 8.36. The minimum absolute atomic E-state index is 0.845.